The highest BCUT2D eigenvalue weighted by atomic mass is 32.2. The van der Waals surface area contributed by atoms with Crippen LogP contribution in [0.3, 0.4) is 0 Å². The number of sulfone groups is 1. The van der Waals surface area contributed by atoms with Crippen molar-refractivity contribution in [2.24, 2.45) is 0 Å². The molecule has 0 N–H and O–H groups in total. The predicted octanol–water partition coefficient (Wildman–Crippen LogP) is 3.12. The lowest BCUT2D eigenvalue weighted by molar-refractivity contribution is 0.560. The number of benzene rings is 1. The summed E-state index contributed by atoms with van der Waals surface area (Å²) < 4.78 is 23.9. The molecule has 0 fully saturated rings. The molecular weight excluding hydrogens is 246 g/mol. The molecule has 1 aromatic heterocycles. The minimum atomic E-state index is -3.31. The summed E-state index contributed by atoms with van der Waals surface area (Å²) in [6, 6.07) is 8.88. The number of hydrogen-bond acceptors (Lipinski definition) is 3. The van der Waals surface area contributed by atoms with Gasteiger partial charge in [-0.3, -0.25) is 4.98 Å². The zero-order chi connectivity index (χ0) is 13.6. The Balaban J connectivity index is 2.65. The van der Waals surface area contributed by atoms with E-state index in [1.807, 2.05) is 19.1 Å². The summed E-state index contributed by atoms with van der Waals surface area (Å²) in [5.74, 6) is 0. The smallest absolute Gasteiger partial charge is 0.183 e. The highest BCUT2D eigenvalue weighted by molar-refractivity contribution is 7.92. The fraction of sp³-hybridized carbons (Fsp3) is 0.357. The molecule has 0 aliphatic heterocycles. The summed E-state index contributed by atoms with van der Waals surface area (Å²) in [6.45, 7) is 7.04. The normalized spacial score (nSPS) is 12.9. The third-order valence-corrected chi connectivity index (χ3v) is 5.40. The standard InChI is InChI=1S/C14H17NO2S/c1-10-5-6-11-9-12(7-8-13(11)15-10)18(16,17)14(2,3)4/h5-9H,1-4H3. The lowest BCUT2D eigenvalue weighted by atomic mass is 10.2. The van der Waals surface area contributed by atoms with E-state index < -0.39 is 14.6 Å². The largest absolute Gasteiger partial charge is 0.253 e. The maximum Gasteiger partial charge on any atom is 0.183 e. The van der Waals surface area contributed by atoms with Crippen molar-refractivity contribution < 1.29 is 8.42 Å². The summed E-state index contributed by atoms with van der Waals surface area (Å²) in [6.07, 6.45) is 0. The molecule has 0 amide bonds. The highest BCUT2D eigenvalue weighted by Gasteiger charge is 2.30. The molecule has 0 saturated heterocycles. The van der Waals surface area contributed by atoms with Crippen molar-refractivity contribution in [2.75, 3.05) is 0 Å². The second kappa shape index (κ2) is 4.05. The molecule has 4 heteroatoms. The van der Waals surface area contributed by atoms with Crippen LogP contribution in [-0.4, -0.2) is 18.1 Å². The molecule has 1 heterocycles. The predicted molar refractivity (Wildman–Crippen MR) is 73.4 cm³/mol. The Morgan fingerprint density at radius 2 is 1.72 bits per heavy atom. The molecule has 0 saturated carbocycles. The van der Waals surface area contributed by atoms with Crippen molar-refractivity contribution >= 4 is 20.7 Å². The number of pyridine rings is 1. The van der Waals surface area contributed by atoms with Gasteiger partial charge in [0, 0.05) is 11.1 Å². The van der Waals surface area contributed by atoms with Gasteiger partial charge in [-0.2, -0.15) is 0 Å². The maximum atomic E-state index is 12.3. The molecule has 0 unspecified atom stereocenters. The average Bonchev–Trinajstić information content (AvgIpc) is 2.26. The topological polar surface area (TPSA) is 47.0 Å². The lowest BCUT2D eigenvalue weighted by Crippen LogP contribution is -2.27. The van der Waals surface area contributed by atoms with Crippen LogP contribution in [0.4, 0.5) is 0 Å². The van der Waals surface area contributed by atoms with E-state index in [2.05, 4.69) is 4.98 Å². The molecule has 2 rings (SSSR count). The molecule has 3 nitrogen and oxygen atoms in total. The first kappa shape index (κ1) is 13.0. The van der Waals surface area contributed by atoms with Crippen LogP contribution < -0.4 is 0 Å². The van der Waals surface area contributed by atoms with E-state index >= 15 is 0 Å². The van der Waals surface area contributed by atoms with Crippen LogP contribution >= 0.6 is 0 Å². The lowest BCUT2D eigenvalue weighted by Gasteiger charge is -2.19. The summed E-state index contributed by atoms with van der Waals surface area (Å²) >= 11 is 0. The molecule has 0 aliphatic rings. The quantitative estimate of drug-likeness (QED) is 0.794. The van der Waals surface area contributed by atoms with E-state index in [1.165, 1.54) is 0 Å². The van der Waals surface area contributed by atoms with Crippen LogP contribution in [0.15, 0.2) is 35.2 Å². The Kier molecular flexibility index (Phi) is 2.93. The van der Waals surface area contributed by atoms with E-state index in [4.69, 9.17) is 0 Å². The van der Waals surface area contributed by atoms with Crippen LogP contribution in [0.1, 0.15) is 26.5 Å². The Morgan fingerprint density at radius 1 is 1.06 bits per heavy atom. The molecular formula is C14H17NO2S. The zero-order valence-electron chi connectivity index (χ0n) is 11.1. The third-order valence-electron chi connectivity index (χ3n) is 2.92. The van der Waals surface area contributed by atoms with Crippen molar-refractivity contribution in [2.45, 2.75) is 37.3 Å². The Hall–Kier alpha value is -1.42. The number of nitrogens with zero attached hydrogens (tertiary/aromatic N) is 1. The van der Waals surface area contributed by atoms with Gasteiger partial charge in [0.25, 0.3) is 0 Å². The number of aromatic nitrogens is 1. The zero-order valence-corrected chi connectivity index (χ0v) is 11.9. The molecule has 18 heavy (non-hydrogen) atoms. The molecule has 0 bridgehead atoms. The maximum absolute atomic E-state index is 12.3. The number of rotatable bonds is 1. The second-order valence-corrected chi connectivity index (χ2v) is 8.13. The van der Waals surface area contributed by atoms with Crippen LogP contribution in [0.2, 0.25) is 0 Å². The monoisotopic (exact) mass is 263 g/mol. The second-order valence-electron chi connectivity index (χ2n) is 5.42. The summed E-state index contributed by atoms with van der Waals surface area (Å²) in [5.41, 5.74) is 1.75. The fourth-order valence-electron chi connectivity index (χ4n) is 1.73. The van der Waals surface area contributed by atoms with Gasteiger partial charge >= 0.3 is 0 Å². The summed E-state index contributed by atoms with van der Waals surface area (Å²) in [4.78, 5) is 4.72. The number of fused-ring (bicyclic) bond motifs is 1. The van der Waals surface area contributed by atoms with Gasteiger partial charge in [0.15, 0.2) is 9.84 Å². The van der Waals surface area contributed by atoms with E-state index in [9.17, 15) is 8.42 Å². The van der Waals surface area contributed by atoms with Crippen molar-refractivity contribution in [1.29, 1.82) is 0 Å². The van der Waals surface area contributed by atoms with Crippen LogP contribution in [0.25, 0.3) is 10.9 Å². The Labute approximate surface area is 108 Å². The Morgan fingerprint density at radius 3 is 2.33 bits per heavy atom. The van der Waals surface area contributed by atoms with Crippen LogP contribution in [-0.2, 0) is 9.84 Å². The van der Waals surface area contributed by atoms with Gasteiger partial charge in [-0.25, -0.2) is 8.42 Å². The van der Waals surface area contributed by atoms with Gasteiger partial charge in [0.1, 0.15) is 0 Å². The van der Waals surface area contributed by atoms with E-state index in [-0.39, 0.29) is 0 Å². The van der Waals surface area contributed by atoms with Gasteiger partial charge in [0.05, 0.1) is 15.2 Å². The van der Waals surface area contributed by atoms with Crippen LogP contribution in [0.5, 0.6) is 0 Å². The van der Waals surface area contributed by atoms with Gasteiger partial charge in [0.2, 0.25) is 0 Å². The molecule has 0 spiro atoms. The molecule has 0 aliphatic carbocycles. The first-order chi connectivity index (χ1) is 8.22. The summed E-state index contributed by atoms with van der Waals surface area (Å²) in [5, 5.41) is 0.853. The van der Waals surface area contributed by atoms with Gasteiger partial charge < -0.3 is 0 Å². The highest BCUT2D eigenvalue weighted by Crippen LogP contribution is 2.27. The SMILES string of the molecule is Cc1ccc2cc(S(=O)(=O)C(C)(C)C)ccc2n1. The Bertz CT molecular complexity index is 697. The molecule has 0 atom stereocenters. The molecule has 1 aromatic carbocycles. The number of hydrogen-bond donors (Lipinski definition) is 0. The van der Waals surface area contributed by atoms with Crippen molar-refractivity contribution in [3.05, 3.63) is 36.0 Å². The van der Waals surface area contributed by atoms with Gasteiger partial charge in [-0.15, -0.1) is 0 Å². The molecule has 2 aromatic rings. The third kappa shape index (κ3) is 2.12. The first-order valence-electron chi connectivity index (χ1n) is 5.84. The van der Waals surface area contributed by atoms with E-state index in [0.717, 1.165) is 16.6 Å². The van der Waals surface area contributed by atoms with Crippen molar-refractivity contribution in [3.8, 4) is 0 Å². The summed E-state index contributed by atoms with van der Waals surface area (Å²) in [7, 11) is -3.31. The van der Waals surface area contributed by atoms with Crippen LogP contribution in [0, 0.1) is 6.92 Å². The molecule has 96 valence electrons. The average molecular weight is 263 g/mol. The minimum absolute atomic E-state index is 0.355. The van der Waals surface area contributed by atoms with E-state index in [1.54, 1.807) is 39.0 Å². The molecule has 0 radical (unpaired) electrons. The number of aryl methyl sites for hydroxylation is 1. The van der Waals surface area contributed by atoms with Gasteiger partial charge in [-0.1, -0.05) is 6.07 Å². The van der Waals surface area contributed by atoms with Crippen molar-refractivity contribution in [1.82, 2.24) is 4.98 Å². The fourth-order valence-corrected chi connectivity index (χ4v) is 2.96. The van der Waals surface area contributed by atoms with Crippen molar-refractivity contribution in [3.63, 3.8) is 0 Å². The van der Waals surface area contributed by atoms with E-state index in [0.29, 0.717) is 4.90 Å². The first-order valence-corrected chi connectivity index (χ1v) is 7.32. The minimum Gasteiger partial charge on any atom is -0.253 e. The van der Waals surface area contributed by atoms with Gasteiger partial charge in [-0.05, 0) is 52.0 Å².